The minimum Gasteiger partial charge on any atom is -0.465 e. The number of fused-ring (bicyclic) bond motifs is 4. The molecule has 2 unspecified atom stereocenters. The van der Waals surface area contributed by atoms with Gasteiger partial charge in [0, 0.05) is 71.6 Å². The number of benzene rings is 1. The number of alkyl halides is 4. The molecule has 4 atom stereocenters. The van der Waals surface area contributed by atoms with Crippen molar-refractivity contribution in [1.82, 2.24) is 20.1 Å². The van der Waals surface area contributed by atoms with Gasteiger partial charge < -0.3 is 29.4 Å². The Morgan fingerprint density at radius 2 is 1.46 bits per heavy atom. The van der Waals surface area contributed by atoms with Crippen molar-refractivity contribution in [3.63, 3.8) is 0 Å². The monoisotopic (exact) mass is 858 g/mol. The molecule has 1 aromatic carbocycles. The second-order valence-corrected chi connectivity index (χ2v) is 18.3. The van der Waals surface area contributed by atoms with Gasteiger partial charge in [-0.15, -0.1) is 0 Å². The number of ether oxygens (including phenoxy) is 3. The predicted octanol–water partition coefficient (Wildman–Crippen LogP) is 6.55. The molecule has 2 aromatic rings. The number of amides is 3. The van der Waals surface area contributed by atoms with Gasteiger partial charge in [0.15, 0.2) is 0 Å². The molecule has 1 saturated heterocycles. The van der Waals surface area contributed by atoms with Crippen LogP contribution in [0.3, 0.4) is 0 Å². The van der Waals surface area contributed by atoms with Crippen LogP contribution in [0.15, 0.2) is 59.6 Å². The summed E-state index contributed by atoms with van der Waals surface area (Å²) < 4.78 is 108. The van der Waals surface area contributed by atoms with Crippen LogP contribution in [0.2, 0.25) is 0 Å². The molecule has 1 aromatic heterocycles. The third-order valence-corrected chi connectivity index (χ3v) is 10.9. The predicted molar refractivity (Wildman–Crippen MR) is 209 cm³/mol. The van der Waals surface area contributed by atoms with Crippen LogP contribution in [0.4, 0.5) is 31.1 Å². The molecule has 2 aliphatic heterocycles. The van der Waals surface area contributed by atoms with Crippen molar-refractivity contribution in [1.29, 1.82) is 0 Å². The Kier molecular flexibility index (Phi) is 11.3. The first-order chi connectivity index (χ1) is 28.3. The Bertz CT molecular complexity index is 2370. The van der Waals surface area contributed by atoms with E-state index in [2.05, 4.69) is 10.6 Å². The Morgan fingerprint density at radius 3 is 2.13 bits per heavy atom. The van der Waals surface area contributed by atoms with Gasteiger partial charge >= 0.3 is 12.1 Å². The number of carbonyl (C=O) groups excluding carboxylic acids is 4. The van der Waals surface area contributed by atoms with Crippen LogP contribution in [0.1, 0.15) is 97.4 Å². The molecule has 17 heteroatoms. The smallest absolute Gasteiger partial charge is 0.411 e. The van der Waals surface area contributed by atoms with Crippen molar-refractivity contribution < 1.29 is 59.7 Å². The van der Waals surface area contributed by atoms with E-state index in [1.54, 1.807) is 64.3 Å². The SMILES string of the molecule is CC(C)(C)OC(=O)C1CC[C@H](C(=O)NC2=CC=c3c(cc4n3C(c3cc(F)cc(F)c3)OC3=CC(NC(=O)[C@@H]5CC(F)(F)CN5C(=O)OC(C)(C)C)=CCC=43)C2)CC(F)(F)C1. The number of aromatic nitrogens is 1. The molecule has 2 fully saturated rings. The maximum Gasteiger partial charge on any atom is 0.411 e. The van der Waals surface area contributed by atoms with Gasteiger partial charge in [0.05, 0.1) is 17.8 Å². The summed E-state index contributed by atoms with van der Waals surface area (Å²) in [5.74, 6) is -12.5. The first-order valence-corrected chi connectivity index (χ1v) is 20.1. The fourth-order valence-corrected chi connectivity index (χ4v) is 8.34. The van der Waals surface area contributed by atoms with Crippen molar-refractivity contribution in [2.24, 2.45) is 11.8 Å². The van der Waals surface area contributed by atoms with E-state index in [4.69, 9.17) is 14.2 Å². The fourth-order valence-electron chi connectivity index (χ4n) is 8.34. The van der Waals surface area contributed by atoms with Crippen LogP contribution in [-0.4, -0.2) is 69.0 Å². The average Bonchev–Trinajstić information content (AvgIpc) is 3.61. The van der Waals surface area contributed by atoms with E-state index in [-0.39, 0.29) is 42.7 Å². The lowest BCUT2D eigenvalue weighted by Crippen LogP contribution is -2.47. The van der Waals surface area contributed by atoms with Gasteiger partial charge in [-0.1, -0.05) is 6.08 Å². The molecule has 61 heavy (non-hydrogen) atoms. The second kappa shape index (κ2) is 15.8. The number of hydrogen-bond donors (Lipinski definition) is 2. The summed E-state index contributed by atoms with van der Waals surface area (Å²) in [4.78, 5) is 53.2. The maximum absolute atomic E-state index is 15.1. The van der Waals surface area contributed by atoms with Gasteiger partial charge in [-0.3, -0.25) is 19.3 Å². The van der Waals surface area contributed by atoms with Gasteiger partial charge in [0.2, 0.25) is 24.0 Å². The minimum atomic E-state index is -3.34. The summed E-state index contributed by atoms with van der Waals surface area (Å²) in [6, 6.07) is 3.22. The highest BCUT2D eigenvalue weighted by Gasteiger charge is 2.51. The van der Waals surface area contributed by atoms with Crippen molar-refractivity contribution in [2.45, 2.75) is 122 Å². The largest absolute Gasteiger partial charge is 0.465 e. The third kappa shape index (κ3) is 9.86. The molecule has 3 amide bonds. The molecule has 1 saturated carbocycles. The molecule has 3 aliphatic carbocycles. The van der Waals surface area contributed by atoms with Crippen LogP contribution in [-0.2, 0) is 35.0 Å². The van der Waals surface area contributed by atoms with E-state index in [1.807, 2.05) is 6.07 Å². The van der Waals surface area contributed by atoms with Gasteiger partial charge in [-0.25, -0.2) is 31.1 Å². The molecule has 7 rings (SSSR count). The molecule has 11 nitrogen and oxygen atoms in total. The minimum absolute atomic E-state index is 0.0514. The van der Waals surface area contributed by atoms with E-state index in [0.717, 1.165) is 12.1 Å². The Labute approximate surface area is 348 Å². The maximum atomic E-state index is 15.1. The normalized spacial score (nSPS) is 24.2. The number of esters is 1. The van der Waals surface area contributed by atoms with Gasteiger partial charge in [-0.05, 0) is 96.7 Å². The van der Waals surface area contributed by atoms with E-state index in [0.29, 0.717) is 38.5 Å². The molecule has 328 valence electrons. The third-order valence-electron chi connectivity index (χ3n) is 10.9. The number of halogens is 6. The summed E-state index contributed by atoms with van der Waals surface area (Å²) in [5, 5.41) is 6.59. The number of nitrogens with one attached hydrogen (secondary N) is 2. The van der Waals surface area contributed by atoms with Crippen molar-refractivity contribution in [2.75, 3.05) is 6.54 Å². The van der Waals surface area contributed by atoms with E-state index < -0.39 is 108 Å². The molecule has 5 aliphatic rings. The number of hydrogen-bond acceptors (Lipinski definition) is 7. The van der Waals surface area contributed by atoms with Gasteiger partial charge in [-0.2, -0.15) is 0 Å². The van der Waals surface area contributed by atoms with Crippen LogP contribution < -0.4 is 21.3 Å². The Balaban J connectivity index is 1.14. The fraction of sp³-hybridized carbons (Fsp3) is 0.500. The second-order valence-electron chi connectivity index (χ2n) is 18.3. The van der Waals surface area contributed by atoms with E-state index in [1.165, 1.54) is 6.08 Å². The quantitative estimate of drug-likeness (QED) is 0.192. The lowest BCUT2D eigenvalue weighted by molar-refractivity contribution is -0.163. The average molecular weight is 859 g/mol. The summed E-state index contributed by atoms with van der Waals surface area (Å²) in [7, 11) is 0. The molecular formula is C44H48F6N4O7. The summed E-state index contributed by atoms with van der Waals surface area (Å²) >= 11 is 0. The lowest BCUT2D eigenvalue weighted by Gasteiger charge is -2.32. The van der Waals surface area contributed by atoms with E-state index in [9.17, 15) is 36.7 Å². The summed E-state index contributed by atoms with van der Waals surface area (Å²) in [6.07, 6.45) is 2.23. The number of carbonyl (C=O) groups is 4. The zero-order valence-corrected chi connectivity index (χ0v) is 34.6. The first-order valence-electron chi connectivity index (χ1n) is 20.1. The van der Waals surface area contributed by atoms with Crippen LogP contribution in [0, 0.1) is 23.5 Å². The molecule has 2 N–H and O–H groups in total. The van der Waals surface area contributed by atoms with E-state index >= 15 is 8.78 Å². The molecular weight excluding hydrogens is 810 g/mol. The van der Waals surface area contributed by atoms with Crippen LogP contribution in [0.5, 0.6) is 0 Å². The topological polar surface area (TPSA) is 128 Å². The molecule has 0 spiro atoms. The Hall–Kier alpha value is -5.48. The van der Waals surface area contributed by atoms with Crippen LogP contribution >= 0.6 is 0 Å². The molecule has 3 heterocycles. The first kappa shape index (κ1) is 43.6. The molecule has 0 radical (unpaired) electrons. The lowest BCUT2D eigenvalue weighted by atomic mass is 9.96. The van der Waals surface area contributed by atoms with Gasteiger partial charge in [0.1, 0.15) is 34.6 Å². The zero-order chi connectivity index (χ0) is 44.4. The number of rotatable bonds is 6. The van der Waals surface area contributed by atoms with Crippen molar-refractivity contribution in [3.8, 4) is 0 Å². The Morgan fingerprint density at radius 1 is 0.803 bits per heavy atom. The van der Waals surface area contributed by atoms with Crippen molar-refractivity contribution >= 4 is 35.5 Å². The summed E-state index contributed by atoms with van der Waals surface area (Å²) in [5.41, 5.74) is 0.139. The highest BCUT2D eigenvalue weighted by molar-refractivity contribution is 5.88. The number of likely N-dealkylation sites (tertiary alicyclic amines) is 1. The van der Waals surface area contributed by atoms with Gasteiger partial charge in [0.25, 0.3) is 5.92 Å². The zero-order valence-electron chi connectivity index (χ0n) is 34.6. The number of allylic oxidation sites excluding steroid dienone is 5. The standard InChI is InChI=1S/C44H48F6N4O7/c1-41(2,3)60-39(57)24-8-7-23(19-43(47,48)20-24)36(55)51-29-10-12-32-25(15-29)16-33-31-11-9-30(18-35(31)59-38(54(32)33)26-13-27(45)17-28(46)14-26)52-37(56)34-21-44(49,50)22-53(34)40(58)61-42(4,5)6/h9-10,12-14,16-18,23-24,34,38H,7-8,11,15,19-22H2,1-6H3,(H,51,55)(H,52,56)/t23-,24?,34-,38?/m0/s1. The number of nitrogens with zero attached hydrogens (tertiary/aromatic N) is 2. The van der Waals surface area contributed by atoms with Crippen LogP contribution in [0.25, 0.3) is 11.6 Å². The summed E-state index contributed by atoms with van der Waals surface area (Å²) in [6.45, 7) is 8.69. The molecule has 0 bridgehead atoms. The highest BCUT2D eigenvalue weighted by Crippen LogP contribution is 2.40. The highest BCUT2D eigenvalue weighted by atomic mass is 19.3. The van der Waals surface area contributed by atoms with Crippen molar-refractivity contribution in [3.05, 3.63) is 93.1 Å².